The number of nitrogens with zero attached hydrogens (tertiary/aromatic N) is 3. The molecule has 1 aromatic heterocycles. The van der Waals surface area contributed by atoms with Gasteiger partial charge in [0, 0.05) is 31.3 Å². The summed E-state index contributed by atoms with van der Waals surface area (Å²) in [6.45, 7) is 2.89. The molecule has 158 valence electrons. The van der Waals surface area contributed by atoms with Crippen molar-refractivity contribution in [2.75, 3.05) is 18.5 Å². The van der Waals surface area contributed by atoms with Gasteiger partial charge >= 0.3 is 0 Å². The summed E-state index contributed by atoms with van der Waals surface area (Å²) in [5.41, 5.74) is 0.558. The van der Waals surface area contributed by atoms with E-state index in [-0.39, 0.29) is 17.7 Å². The minimum atomic E-state index is -0.675. The summed E-state index contributed by atoms with van der Waals surface area (Å²) < 4.78 is 0.707. The third kappa shape index (κ3) is 3.61. The van der Waals surface area contributed by atoms with Crippen molar-refractivity contribution in [1.29, 1.82) is 0 Å². The van der Waals surface area contributed by atoms with Gasteiger partial charge in [0.05, 0.1) is 22.1 Å². The standard InChI is InChI=1S/C22H24ClN3O3S/c1-22-12-11-20(28)26(22)17-7-4-3-6-16(17)21(29)25(22)13-5-8-19(27)24(2)14-15-9-10-18(23)30-15/h3-4,6-7,9-10H,5,8,11-14H2,1-2H3. The summed E-state index contributed by atoms with van der Waals surface area (Å²) in [6, 6.07) is 11.0. The minimum Gasteiger partial charge on any atom is -0.341 e. The van der Waals surface area contributed by atoms with E-state index >= 15 is 0 Å². The number of para-hydroxylation sites is 1. The first-order chi connectivity index (χ1) is 14.3. The molecule has 2 aliphatic rings. The maximum absolute atomic E-state index is 13.2. The van der Waals surface area contributed by atoms with Crippen molar-refractivity contribution in [1.82, 2.24) is 9.80 Å². The molecule has 1 saturated heterocycles. The lowest BCUT2D eigenvalue weighted by Gasteiger charge is -2.48. The summed E-state index contributed by atoms with van der Waals surface area (Å²) in [5.74, 6) is -0.0187. The quantitative estimate of drug-likeness (QED) is 0.671. The molecule has 3 amide bonds. The van der Waals surface area contributed by atoms with Gasteiger partial charge in [0.25, 0.3) is 5.91 Å². The Morgan fingerprint density at radius 1 is 1.23 bits per heavy atom. The highest BCUT2D eigenvalue weighted by atomic mass is 35.5. The van der Waals surface area contributed by atoms with Crippen molar-refractivity contribution in [3.63, 3.8) is 0 Å². The van der Waals surface area contributed by atoms with Crippen LogP contribution in [0.5, 0.6) is 0 Å². The summed E-state index contributed by atoms with van der Waals surface area (Å²) >= 11 is 7.43. The SMILES string of the molecule is CN(Cc1ccc(Cl)s1)C(=O)CCCN1C(=O)c2ccccc2N2C(=O)CCC12C. The predicted molar refractivity (Wildman–Crippen MR) is 118 cm³/mol. The highest BCUT2D eigenvalue weighted by molar-refractivity contribution is 7.16. The number of thiophene rings is 1. The zero-order valence-corrected chi connectivity index (χ0v) is 18.6. The lowest BCUT2D eigenvalue weighted by molar-refractivity contribution is -0.130. The van der Waals surface area contributed by atoms with Gasteiger partial charge in [0.15, 0.2) is 0 Å². The van der Waals surface area contributed by atoms with Crippen LogP contribution in [-0.4, -0.2) is 46.8 Å². The van der Waals surface area contributed by atoms with E-state index in [1.54, 1.807) is 27.8 Å². The molecule has 0 aliphatic carbocycles. The van der Waals surface area contributed by atoms with E-state index in [0.29, 0.717) is 54.4 Å². The number of anilines is 1. The second kappa shape index (κ2) is 8.04. The highest BCUT2D eigenvalue weighted by Gasteiger charge is 2.52. The maximum atomic E-state index is 13.2. The Bertz CT molecular complexity index is 1010. The third-order valence-electron chi connectivity index (χ3n) is 5.97. The Labute approximate surface area is 185 Å². The molecule has 0 saturated carbocycles. The van der Waals surface area contributed by atoms with E-state index in [2.05, 4.69) is 0 Å². The topological polar surface area (TPSA) is 60.9 Å². The normalized spacial score (nSPS) is 20.4. The molecular weight excluding hydrogens is 422 g/mol. The van der Waals surface area contributed by atoms with E-state index in [0.717, 1.165) is 4.88 Å². The second-order valence-corrected chi connectivity index (χ2v) is 9.78. The molecule has 1 unspecified atom stereocenters. The van der Waals surface area contributed by atoms with Crippen LogP contribution in [0.4, 0.5) is 5.69 Å². The number of carbonyl (C=O) groups excluding carboxylic acids is 3. The Hall–Kier alpha value is -2.38. The zero-order chi connectivity index (χ0) is 21.5. The number of carbonyl (C=O) groups is 3. The van der Waals surface area contributed by atoms with Crippen molar-refractivity contribution in [3.8, 4) is 0 Å². The smallest absolute Gasteiger partial charge is 0.257 e. The van der Waals surface area contributed by atoms with Gasteiger partial charge in [-0.3, -0.25) is 19.3 Å². The fourth-order valence-electron chi connectivity index (χ4n) is 4.38. The Balaban J connectivity index is 1.43. The number of benzene rings is 1. The van der Waals surface area contributed by atoms with Crippen molar-refractivity contribution in [3.05, 3.63) is 51.2 Å². The molecule has 6 nitrogen and oxygen atoms in total. The van der Waals surface area contributed by atoms with Gasteiger partial charge in [0.1, 0.15) is 5.66 Å². The first-order valence-electron chi connectivity index (χ1n) is 10.0. The van der Waals surface area contributed by atoms with E-state index in [4.69, 9.17) is 11.6 Å². The van der Waals surface area contributed by atoms with E-state index < -0.39 is 5.66 Å². The number of hydrogen-bond donors (Lipinski definition) is 0. The van der Waals surface area contributed by atoms with E-state index in [9.17, 15) is 14.4 Å². The fraction of sp³-hybridized carbons (Fsp3) is 0.409. The molecule has 0 radical (unpaired) electrons. The number of fused-ring (bicyclic) bond motifs is 3. The molecule has 1 fully saturated rings. The zero-order valence-electron chi connectivity index (χ0n) is 17.1. The maximum Gasteiger partial charge on any atom is 0.257 e. The van der Waals surface area contributed by atoms with E-state index in [1.165, 1.54) is 11.3 Å². The fourth-order valence-corrected chi connectivity index (χ4v) is 5.52. The van der Waals surface area contributed by atoms with Crippen LogP contribution in [-0.2, 0) is 16.1 Å². The molecule has 0 bridgehead atoms. The van der Waals surface area contributed by atoms with Crippen LogP contribution in [0.15, 0.2) is 36.4 Å². The number of halogens is 1. The van der Waals surface area contributed by atoms with Gasteiger partial charge in [0.2, 0.25) is 11.8 Å². The molecule has 30 heavy (non-hydrogen) atoms. The lowest BCUT2D eigenvalue weighted by atomic mass is 9.98. The lowest BCUT2D eigenvalue weighted by Crippen LogP contribution is -2.62. The van der Waals surface area contributed by atoms with Gasteiger partial charge < -0.3 is 9.80 Å². The van der Waals surface area contributed by atoms with Crippen molar-refractivity contribution < 1.29 is 14.4 Å². The van der Waals surface area contributed by atoms with Crippen LogP contribution in [0.1, 0.15) is 47.8 Å². The molecule has 0 N–H and O–H groups in total. The molecule has 3 heterocycles. The first-order valence-corrected chi connectivity index (χ1v) is 11.2. The second-order valence-electron chi connectivity index (χ2n) is 7.98. The number of rotatable bonds is 6. The molecule has 8 heteroatoms. The number of amides is 3. The van der Waals surface area contributed by atoms with E-state index in [1.807, 2.05) is 37.3 Å². The summed E-state index contributed by atoms with van der Waals surface area (Å²) in [7, 11) is 1.77. The first kappa shape index (κ1) is 20.9. The monoisotopic (exact) mass is 445 g/mol. The van der Waals surface area contributed by atoms with Crippen LogP contribution in [0.3, 0.4) is 0 Å². The Morgan fingerprint density at radius 2 is 2.00 bits per heavy atom. The van der Waals surface area contributed by atoms with Crippen LogP contribution >= 0.6 is 22.9 Å². The Morgan fingerprint density at radius 3 is 2.73 bits per heavy atom. The summed E-state index contributed by atoms with van der Waals surface area (Å²) in [6.07, 6.45) is 1.89. The van der Waals surface area contributed by atoms with Gasteiger partial charge in [-0.1, -0.05) is 23.7 Å². The summed E-state index contributed by atoms with van der Waals surface area (Å²) in [5, 5.41) is 0. The van der Waals surface area contributed by atoms with Crippen molar-refractivity contribution >= 4 is 46.3 Å². The molecule has 4 rings (SSSR count). The average Bonchev–Trinajstić information content (AvgIpc) is 3.27. The molecule has 2 aromatic rings. The molecule has 0 spiro atoms. The van der Waals surface area contributed by atoms with Gasteiger partial charge in [-0.2, -0.15) is 0 Å². The van der Waals surface area contributed by atoms with Crippen LogP contribution in [0, 0.1) is 0 Å². The molecule has 1 atom stereocenters. The van der Waals surface area contributed by atoms with Crippen molar-refractivity contribution in [2.24, 2.45) is 0 Å². The van der Waals surface area contributed by atoms with Crippen LogP contribution in [0.25, 0.3) is 0 Å². The number of hydrogen-bond acceptors (Lipinski definition) is 4. The largest absolute Gasteiger partial charge is 0.341 e. The highest BCUT2D eigenvalue weighted by Crippen LogP contribution is 2.44. The van der Waals surface area contributed by atoms with Crippen LogP contribution in [0.2, 0.25) is 4.34 Å². The minimum absolute atomic E-state index is 0.0221. The Kier molecular flexibility index (Phi) is 5.59. The molecular formula is C22H24ClN3O3S. The molecule has 2 aliphatic heterocycles. The van der Waals surface area contributed by atoms with Gasteiger partial charge in [-0.15, -0.1) is 11.3 Å². The third-order valence-corrected chi connectivity index (χ3v) is 7.18. The predicted octanol–water partition coefficient (Wildman–Crippen LogP) is 4.14. The molecule has 1 aromatic carbocycles. The van der Waals surface area contributed by atoms with Gasteiger partial charge in [-0.25, -0.2) is 0 Å². The average molecular weight is 446 g/mol. The van der Waals surface area contributed by atoms with Crippen molar-refractivity contribution in [2.45, 2.75) is 44.8 Å². The van der Waals surface area contributed by atoms with Crippen LogP contribution < -0.4 is 4.90 Å². The van der Waals surface area contributed by atoms with Gasteiger partial charge in [-0.05, 0) is 44.0 Å². The summed E-state index contributed by atoms with van der Waals surface area (Å²) in [4.78, 5) is 44.6.